The molecule has 2 rings (SSSR count). The first kappa shape index (κ1) is 33.5. The molecule has 0 aliphatic carbocycles. The number of carboxylic acid groups (broad SMARTS) is 2. The number of aliphatic imine (C=N–C) groups is 1. The number of guanidine groups is 1. The Morgan fingerprint density at radius 3 is 2.38 bits per heavy atom. The average Bonchev–Trinajstić information content (AvgIpc) is 3.61. The van der Waals surface area contributed by atoms with Crippen LogP contribution in [0, 0.1) is 0 Å². The molecule has 0 bridgehead atoms. The van der Waals surface area contributed by atoms with E-state index in [2.05, 4.69) is 30.9 Å². The van der Waals surface area contributed by atoms with Gasteiger partial charge in [-0.05, 0) is 32.6 Å². The lowest BCUT2D eigenvalue weighted by molar-refractivity contribution is -0.149. The number of nitrogens with two attached hydrogens (primary N) is 3. The molecule has 232 valence electrons. The molecule has 1 aromatic rings. The second-order valence-corrected chi connectivity index (χ2v) is 9.81. The first-order chi connectivity index (χ1) is 19.8. The molecule has 1 fully saturated rings. The maximum absolute atomic E-state index is 13.3. The van der Waals surface area contributed by atoms with Crippen LogP contribution in [0.3, 0.4) is 0 Å². The quantitative estimate of drug-likeness (QED) is 0.0508. The second-order valence-electron chi connectivity index (χ2n) is 9.81. The summed E-state index contributed by atoms with van der Waals surface area (Å²) in [5, 5.41) is 26.0. The largest absolute Gasteiger partial charge is 0.481 e. The van der Waals surface area contributed by atoms with Crippen molar-refractivity contribution >= 4 is 41.5 Å². The summed E-state index contributed by atoms with van der Waals surface area (Å²) in [4.78, 5) is 86.5. The Morgan fingerprint density at radius 2 is 1.79 bits per heavy atom. The summed E-state index contributed by atoms with van der Waals surface area (Å²) in [5.41, 5.74) is 16.8. The number of aromatic nitrogens is 2. The number of hydrogen-bond donors (Lipinski definition) is 9. The molecule has 18 heteroatoms. The van der Waals surface area contributed by atoms with Gasteiger partial charge in [0.05, 0.1) is 18.8 Å². The van der Waals surface area contributed by atoms with E-state index >= 15 is 0 Å². The van der Waals surface area contributed by atoms with E-state index in [1.54, 1.807) is 0 Å². The van der Waals surface area contributed by atoms with Gasteiger partial charge in [-0.25, -0.2) is 9.78 Å². The highest BCUT2D eigenvalue weighted by Gasteiger charge is 2.39. The molecule has 0 unspecified atom stereocenters. The van der Waals surface area contributed by atoms with Gasteiger partial charge >= 0.3 is 11.9 Å². The minimum atomic E-state index is -1.63. The van der Waals surface area contributed by atoms with Crippen molar-refractivity contribution in [1.29, 1.82) is 0 Å². The van der Waals surface area contributed by atoms with Crippen LogP contribution >= 0.6 is 0 Å². The maximum Gasteiger partial charge on any atom is 0.326 e. The molecule has 5 atom stereocenters. The minimum Gasteiger partial charge on any atom is -0.481 e. The molecule has 42 heavy (non-hydrogen) atoms. The molecule has 1 aliphatic heterocycles. The lowest BCUT2D eigenvalue weighted by Crippen LogP contribution is -2.58. The van der Waals surface area contributed by atoms with Crippen molar-refractivity contribution in [3.05, 3.63) is 18.2 Å². The van der Waals surface area contributed by atoms with Crippen molar-refractivity contribution in [1.82, 2.24) is 30.8 Å². The number of carboxylic acids is 2. The third-order valence-electron chi connectivity index (χ3n) is 6.48. The summed E-state index contributed by atoms with van der Waals surface area (Å²) >= 11 is 0. The van der Waals surface area contributed by atoms with Gasteiger partial charge in [-0.1, -0.05) is 0 Å². The van der Waals surface area contributed by atoms with E-state index in [4.69, 9.17) is 17.2 Å². The number of carbonyl (C=O) groups excluding carboxylic acids is 4. The van der Waals surface area contributed by atoms with Gasteiger partial charge in [0, 0.05) is 31.4 Å². The highest BCUT2D eigenvalue weighted by atomic mass is 16.4. The number of H-pyrrole nitrogens is 1. The van der Waals surface area contributed by atoms with Crippen LogP contribution in [0.5, 0.6) is 0 Å². The standard InChI is InChI=1S/C24H38N10O8/c1-12(31-20(38)14(25)4-2-6-29-24(26)27)19(37)32-15(9-18(35)36)21(39)33-16(8-13-10-28-11-30-13)22(40)34-7-3-5-17(34)23(41)42/h10-12,14-17H,2-9,25H2,1H3,(H,28,30)(H,31,38)(H,32,37)(H,33,39)(H,35,36)(H,41,42)(H4,26,27,29)/t12-,14-,15-,16-,17-/m0/s1. The smallest absolute Gasteiger partial charge is 0.326 e. The van der Waals surface area contributed by atoms with Crippen LogP contribution in [-0.4, -0.2) is 110 Å². The Balaban J connectivity index is 2.09. The number of nitrogens with one attached hydrogen (secondary N) is 4. The van der Waals surface area contributed by atoms with Crippen LogP contribution in [0.25, 0.3) is 0 Å². The number of imidazole rings is 1. The SMILES string of the molecule is C[C@H](NC(=O)[C@@H](N)CCCN=C(N)N)C(=O)N[C@@H](CC(=O)O)C(=O)N[C@@H](Cc1cnc[nH]1)C(=O)N1CCC[C@H]1C(=O)O. The van der Waals surface area contributed by atoms with Crippen molar-refractivity contribution in [2.75, 3.05) is 13.1 Å². The molecule has 12 N–H and O–H groups in total. The lowest BCUT2D eigenvalue weighted by Gasteiger charge is -2.28. The lowest BCUT2D eigenvalue weighted by atomic mass is 10.1. The van der Waals surface area contributed by atoms with Crippen molar-refractivity contribution in [3.8, 4) is 0 Å². The summed E-state index contributed by atoms with van der Waals surface area (Å²) in [6.07, 6.45) is 3.14. The van der Waals surface area contributed by atoms with Gasteiger partial charge in [0.15, 0.2) is 5.96 Å². The molecule has 1 aliphatic rings. The van der Waals surface area contributed by atoms with E-state index in [0.717, 1.165) is 4.90 Å². The average molecular weight is 595 g/mol. The Labute approximate surface area is 240 Å². The summed E-state index contributed by atoms with van der Waals surface area (Å²) < 4.78 is 0. The number of carbonyl (C=O) groups is 6. The minimum absolute atomic E-state index is 0.101. The van der Waals surface area contributed by atoms with Crippen molar-refractivity contribution in [3.63, 3.8) is 0 Å². The zero-order valence-electron chi connectivity index (χ0n) is 23.1. The van der Waals surface area contributed by atoms with Gasteiger partial charge in [0.2, 0.25) is 23.6 Å². The third-order valence-corrected chi connectivity index (χ3v) is 6.48. The van der Waals surface area contributed by atoms with Crippen molar-refractivity contribution in [2.24, 2.45) is 22.2 Å². The van der Waals surface area contributed by atoms with Crippen molar-refractivity contribution in [2.45, 2.75) is 75.7 Å². The highest BCUT2D eigenvalue weighted by molar-refractivity contribution is 5.96. The first-order valence-corrected chi connectivity index (χ1v) is 13.2. The predicted octanol–water partition coefficient (Wildman–Crippen LogP) is -3.64. The van der Waals surface area contributed by atoms with Crippen molar-refractivity contribution < 1.29 is 39.0 Å². The van der Waals surface area contributed by atoms with Crippen LogP contribution in [0.15, 0.2) is 17.5 Å². The normalized spacial score (nSPS) is 17.3. The molecule has 0 saturated carbocycles. The van der Waals surface area contributed by atoms with Gasteiger partial charge in [0.25, 0.3) is 0 Å². The number of hydrogen-bond acceptors (Lipinski definition) is 9. The molecular weight excluding hydrogens is 556 g/mol. The predicted molar refractivity (Wildman–Crippen MR) is 146 cm³/mol. The Hall–Kier alpha value is -4.74. The van der Waals surface area contributed by atoms with E-state index in [9.17, 15) is 39.0 Å². The number of likely N-dealkylation sites (tertiary alicyclic amines) is 1. The molecule has 1 saturated heterocycles. The maximum atomic E-state index is 13.3. The van der Waals surface area contributed by atoms with Gasteiger partial charge in [-0.15, -0.1) is 0 Å². The zero-order valence-corrected chi connectivity index (χ0v) is 23.1. The van der Waals surface area contributed by atoms with Gasteiger partial charge in [-0.3, -0.25) is 29.0 Å². The number of aromatic amines is 1. The van der Waals surface area contributed by atoms with Gasteiger partial charge < -0.3 is 53.2 Å². The second kappa shape index (κ2) is 15.9. The van der Waals surface area contributed by atoms with Crippen LogP contribution in [-0.2, 0) is 35.2 Å². The Morgan fingerprint density at radius 1 is 1.10 bits per heavy atom. The van der Waals surface area contributed by atoms with E-state index in [1.807, 2.05) is 0 Å². The van der Waals surface area contributed by atoms with Crippen LogP contribution in [0.4, 0.5) is 0 Å². The van der Waals surface area contributed by atoms with E-state index in [-0.39, 0.29) is 38.3 Å². The summed E-state index contributed by atoms with van der Waals surface area (Å²) in [7, 11) is 0. The number of rotatable bonds is 16. The van der Waals surface area contributed by atoms with Crippen LogP contribution in [0.2, 0.25) is 0 Å². The fraction of sp³-hybridized carbons (Fsp3) is 0.583. The van der Waals surface area contributed by atoms with Crippen LogP contribution < -0.4 is 33.2 Å². The van der Waals surface area contributed by atoms with Gasteiger partial charge in [-0.2, -0.15) is 0 Å². The topological polar surface area (TPSA) is 301 Å². The number of amides is 4. The fourth-order valence-corrected chi connectivity index (χ4v) is 4.29. The molecule has 0 spiro atoms. The first-order valence-electron chi connectivity index (χ1n) is 13.2. The van der Waals surface area contributed by atoms with E-state index in [0.29, 0.717) is 18.5 Å². The molecule has 1 aromatic heterocycles. The zero-order chi connectivity index (χ0) is 31.4. The van der Waals surface area contributed by atoms with E-state index in [1.165, 1.54) is 19.4 Å². The van der Waals surface area contributed by atoms with Crippen LogP contribution in [0.1, 0.15) is 44.7 Å². The fourth-order valence-electron chi connectivity index (χ4n) is 4.29. The summed E-state index contributed by atoms with van der Waals surface area (Å²) in [6.45, 7) is 1.73. The monoisotopic (exact) mass is 594 g/mol. The molecule has 0 aromatic carbocycles. The molecular formula is C24H38N10O8. The Kier molecular flexibility index (Phi) is 12.7. The van der Waals surface area contributed by atoms with E-state index < -0.39 is 72.2 Å². The highest BCUT2D eigenvalue weighted by Crippen LogP contribution is 2.19. The molecule has 0 radical (unpaired) electrons. The number of nitrogens with zero attached hydrogens (tertiary/aromatic N) is 3. The molecule has 2 heterocycles. The molecule has 4 amide bonds. The third kappa shape index (κ3) is 10.3. The number of aliphatic carboxylic acids is 2. The molecule has 18 nitrogen and oxygen atoms in total. The Bertz CT molecular complexity index is 1150. The summed E-state index contributed by atoms with van der Waals surface area (Å²) in [6, 6.07) is -6.18. The van der Waals surface area contributed by atoms with Gasteiger partial charge in [0.1, 0.15) is 24.2 Å². The summed E-state index contributed by atoms with van der Waals surface area (Å²) in [5.74, 6) is -5.92.